The highest BCUT2D eigenvalue weighted by atomic mass is 15.2. The van der Waals surface area contributed by atoms with Crippen molar-refractivity contribution in [3.8, 4) is 0 Å². The fourth-order valence-electron chi connectivity index (χ4n) is 2.17. The van der Waals surface area contributed by atoms with Gasteiger partial charge in [0.1, 0.15) is 11.6 Å². The second kappa shape index (κ2) is 2.38. The maximum Gasteiger partial charge on any atom is 0.231 e. The third kappa shape index (κ3) is 0.789. The molecule has 14 heavy (non-hydrogen) atoms. The zero-order chi connectivity index (χ0) is 9.71. The Morgan fingerprint density at radius 3 is 3.14 bits per heavy atom. The lowest BCUT2D eigenvalue weighted by molar-refractivity contribution is -0.522. The number of fused-ring (bicyclic) bond motifs is 2. The van der Waals surface area contributed by atoms with Crippen LogP contribution in [0.1, 0.15) is 0 Å². The molecule has 3 rings (SSSR count). The van der Waals surface area contributed by atoms with Crippen molar-refractivity contribution in [1.29, 1.82) is 0 Å². The van der Waals surface area contributed by atoms with Crippen LogP contribution < -0.4 is 15.3 Å². The SMILES string of the molecule is CN1C(N)=CC2C=[n+]3ccccc3=C21. The summed E-state index contributed by atoms with van der Waals surface area (Å²) in [6.45, 7) is 0. The van der Waals surface area contributed by atoms with Crippen molar-refractivity contribution >= 4 is 5.70 Å². The van der Waals surface area contributed by atoms with E-state index in [-0.39, 0.29) is 0 Å². The van der Waals surface area contributed by atoms with Gasteiger partial charge < -0.3 is 10.6 Å². The molecular weight excluding hydrogens is 174 g/mol. The van der Waals surface area contributed by atoms with E-state index >= 15 is 0 Å². The highest BCUT2D eigenvalue weighted by Gasteiger charge is 2.32. The van der Waals surface area contributed by atoms with Gasteiger partial charge in [0.05, 0.1) is 5.82 Å². The average molecular weight is 186 g/mol. The Balaban J connectivity index is 2.37. The van der Waals surface area contributed by atoms with Crippen LogP contribution in [0.4, 0.5) is 0 Å². The number of aromatic nitrogens is 1. The number of hydrogen-bond donors (Lipinski definition) is 1. The molecule has 2 aliphatic heterocycles. The molecule has 3 nitrogen and oxygen atoms in total. The number of hydrogen-bond acceptors (Lipinski definition) is 2. The van der Waals surface area contributed by atoms with Gasteiger partial charge in [0.2, 0.25) is 5.35 Å². The Bertz CT molecular complexity index is 542. The predicted octanol–water partition coefficient (Wildman–Crippen LogP) is -0.533. The molecule has 1 unspecified atom stereocenters. The Kier molecular flexibility index (Phi) is 1.29. The summed E-state index contributed by atoms with van der Waals surface area (Å²) in [5.41, 5.74) is 7.14. The minimum Gasteiger partial charge on any atom is -0.385 e. The Hall–Kier alpha value is -1.77. The molecule has 1 aromatic rings. The van der Waals surface area contributed by atoms with Gasteiger partial charge in [-0.05, 0) is 12.1 Å². The first kappa shape index (κ1) is 7.62. The molecule has 0 fully saturated rings. The molecule has 0 aromatic carbocycles. The van der Waals surface area contributed by atoms with Gasteiger partial charge in [0, 0.05) is 19.2 Å². The molecule has 1 aromatic heterocycles. The Morgan fingerprint density at radius 1 is 1.43 bits per heavy atom. The van der Waals surface area contributed by atoms with Crippen LogP contribution >= 0.6 is 0 Å². The minimum absolute atomic E-state index is 0.349. The van der Waals surface area contributed by atoms with Crippen LogP contribution in [-0.2, 0) is 0 Å². The zero-order valence-electron chi connectivity index (χ0n) is 8.01. The second-order valence-corrected chi connectivity index (χ2v) is 3.70. The van der Waals surface area contributed by atoms with E-state index in [1.807, 2.05) is 13.1 Å². The highest BCUT2D eigenvalue weighted by Crippen LogP contribution is 2.27. The first-order valence-electron chi connectivity index (χ1n) is 4.71. The molecule has 3 heteroatoms. The number of nitrogens with zero attached hydrogens (tertiary/aromatic N) is 2. The Morgan fingerprint density at radius 2 is 2.29 bits per heavy atom. The summed E-state index contributed by atoms with van der Waals surface area (Å²) in [5.74, 6) is 1.19. The summed E-state index contributed by atoms with van der Waals surface area (Å²) in [6.07, 6.45) is 6.34. The lowest BCUT2D eigenvalue weighted by Gasteiger charge is -2.12. The third-order valence-corrected chi connectivity index (χ3v) is 2.89. The van der Waals surface area contributed by atoms with Crippen molar-refractivity contribution in [1.82, 2.24) is 4.90 Å². The van der Waals surface area contributed by atoms with Crippen LogP contribution in [0.25, 0.3) is 5.70 Å². The van der Waals surface area contributed by atoms with E-state index in [1.165, 1.54) is 11.0 Å². The molecule has 0 spiro atoms. The van der Waals surface area contributed by atoms with Crippen molar-refractivity contribution < 1.29 is 4.24 Å². The van der Waals surface area contributed by atoms with Crippen molar-refractivity contribution in [2.24, 2.45) is 11.7 Å². The molecule has 70 valence electrons. The van der Waals surface area contributed by atoms with E-state index in [9.17, 15) is 0 Å². The molecule has 0 radical (unpaired) electrons. The third-order valence-electron chi connectivity index (χ3n) is 2.89. The molecule has 3 heterocycles. The van der Waals surface area contributed by atoms with Gasteiger partial charge in [0.25, 0.3) is 0 Å². The quantitative estimate of drug-likeness (QED) is 0.553. The molecule has 0 aliphatic carbocycles. The predicted molar refractivity (Wildman–Crippen MR) is 52.9 cm³/mol. The number of pyridine rings is 1. The summed E-state index contributed by atoms with van der Waals surface area (Å²) in [6, 6.07) is 6.21. The fraction of sp³-hybridized carbons (Fsp3) is 0.182. The summed E-state index contributed by atoms with van der Waals surface area (Å²) in [4.78, 5) is 2.06. The summed E-state index contributed by atoms with van der Waals surface area (Å²) in [5, 5.41) is 1.23. The van der Waals surface area contributed by atoms with Gasteiger partial charge in [-0.2, -0.15) is 4.24 Å². The second-order valence-electron chi connectivity index (χ2n) is 3.70. The standard InChI is InChI=1S/C11H12N3/c1-13-10(12)6-8-7-14-5-3-2-4-9(14)11(8)13/h2-8H,12H2,1H3/q+1. The van der Waals surface area contributed by atoms with Gasteiger partial charge in [0.15, 0.2) is 12.4 Å². The van der Waals surface area contributed by atoms with Crippen molar-refractivity contribution in [3.05, 3.63) is 47.9 Å². The van der Waals surface area contributed by atoms with E-state index in [1.54, 1.807) is 0 Å². The maximum absolute atomic E-state index is 5.86. The lowest BCUT2D eigenvalue weighted by Crippen LogP contribution is -2.36. The minimum atomic E-state index is 0.349. The van der Waals surface area contributed by atoms with Crippen LogP contribution in [-0.4, -0.2) is 11.9 Å². The van der Waals surface area contributed by atoms with Gasteiger partial charge in [-0.1, -0.05) is 0 Å². The number of rotatable bonds is 0. The van der Waals surface area contributed by atoms with Crippen molar-refractivity contribution in [2.75, 3.05) is 7.05 Å². The first-order chi connectivity index (χ1) is 6.77. The largest absolute Gasteiger partial charge is 0.385 e. The normalized spacial score (nSPS) is 22.9. The van der Waals surface area contributed by atoms with Crippen LogP contribution in [0.2, 0.25) is 0 Å². The van der Waals surface area contributed by atoms with E-state index < -0.39 is 0 Å². The maximum atomic E-state index is 5.86. The number of nitrogens with two attached hydrogens (primary N) is 1. The lowest BCUT2D eigenvalue weighted by atomic mass is 10.1. The van der Waals surface area contributed by atoms with Gasteiger partial charge >= 0.3 is 0 Å². The first-order valence-corrected chi connectivity index (χ1v) is 4.71. The Labute approximate surface area is 82.1 Å². The van der Waals surface area contributed by atoms with Crippen molar-refractivity contribution in [3.63, 3.8) is 0 Å². The summed E-state index contributed by atoms with van der Waals surface area (Å²) in [7, 11) is 2.01. The van der Waals surface area contributed by atoms with Crippen LogP contribution in [0.3, 0.4) is 0 Å². The molecule has 0 saturated heterocycles. The van der Waals surface area contributed by atoms with E-state index in [0.29, 0.717) is 5.92 Å². The summed E-state index contributed by atoms with van der Waals surface area (Å²) < 4.78 is 2.15. The molecular formula is C11H12N3+. The smallest absolute Gasteiger partial charge is 0.231 e. The molecule has 0 saturated carbocycles. The highest BCUT2D eigenvalue weighted by molar-refractivity contribution is 5.55. The van der Waals surface area contributed by atoms with Gasteiger partial charge in [-0.25, -0.2) is 0 Å². The van der Waals surface area contributed by atoms with Gasteiger partial charge in [-0.3, -0.25) is 0 Å². The monoisotopic (exact) mass is 186 g/mol. The van der Waals surface area contributed by atoms with Gasteiger partial charge in [-0.15, -0.1) is 0 Å². The molecule has 0 bridgehead atoms. The molecule has 2 N–H and O–H groups in total. The molecule has 0 amide bonds. The topological polar surface area (TPSA) is 35.2 Å². The zero-order valence-corrected chi connectivity index (χ0v) is 8.01. The fourth-order valence-corrected chi connectivity index (χ4v) is 2.17. The van der Waals surface area contributed by atoms with E-state index in [0.717, 1.165) is 5.82 Å². The molecule has 2 aliphatic rings. The van der Waals surface area contributed by atoms with Crippen molar-refractivity contribution in [2.45, 2.75) is 0 Å². The van der Waals surface area contributed by atoms with Crippen LogP contribution in [0.5, 0.6) is 0 Å². The van der Waals surface area contributed by atoms with E-state index in [4.69, 9.17) is 5.73 Å². The average Bonchev–Trinajstić information content (AvgIpc) is 2.65. The van der Waals surface area contributed by atoms with E-state index in [2.05, 4.69) is 39.8 Å². The van der Waals surface area contributed by atoms with Crippen LogP contribution in [0, 0.1) is 12.1 Å². The van der Waals surface area contributed by atoms with Crippen LogP contribution in [0.15, 0.2) is 36.3 Å². The molecule has 1 atom stereocenters. The summed E-state index contributed by atoms with van der Waals surface area (Å²) >= 11 is 0.